The van der Waals surface area contributed by atoms with Crippen molar-refractivity contribution in [3.8, 4) is 5.88 Å². The number of pyridine rings is 1. The first-order valence-corrected chi connectivity index (χ1v) is 8.98. The Morgan fingerprint density at radius 3 is 2.58 bits per heavy atom. The molecule has 0 saturated carbocycles. The van der Waals surface area contributed by atoms with E-state index in [-0.39, 0.29) is 17.7 Å². The Kier molecular flexibility index (Phi) is 5.84. The lowest BCUT2D eigenvalue weighted by atomic mass is 10.1. The molecule has 1 fully saturated rings. The van der Waals surface area contributed by atoms with Gasteiger partial charge < -0.3 is 15.0 Å². The van der Waals surface area contributed by atoms with E-state index in [9.17, 15) is 9.59 Å². The quantitative estimate of drug-likeness (QED) is 0.895. The van der Waals surface area contributed by atoms with Crippen molar-refractivity contribution in [2.45, 2.75) is 26.2 Å². The molecule has 1 N–H and O–H groups in total. The lowest BCUT2D eigenvalue weighted by molar-refractivity contribution is 0.0725. The summed E-state index contributed by atoms with van der Waals surface area (Å²) >= 11 is 0. The van der Waals surface area contributed by atoms with Crippen LogP contribution in [0.1, 0.15) is 46.9 Å². The van der Waals surface area contributed by atoms with Crippen LogP contribution in [0.4, 0.5) is 5.69 Å². The fourth-order valence-corrected chi connectivity index (χ4v) is 3.05. The molecule has 26 heavy (non-hydrogen) atoms. The number of anilines is 1. The number of hydrogen-bond acceptors (Lipinski definition) is 4. The average Bonchev–Trinajstić information content (AvgIpc) is 2.69. The third kappa shape index (κ3) is 4.02. The second kappa shape index (κ2) is 8.47. The third-order valence-electron chi connectivity index (χ3n) is 4.35. The van der Waals surface area contributed by atoms with E-state index in [2.05, 4.69) is 10.3 Å². The molecule has 1 aliphatic rings. The van der Waals surface area contributed by atoms with Crippen LogP contribution in [0.5, 0.6) is 5.88 Å². The highest BCUT2D eigenvalue weighted by molar-refractivity contribution is 6.09. The molecule has 6 nitrogen and oxygen atoms in total. The SMILES string of the molecule is CCOc1ncccc1C(=O)Nc1ccccc1C(=O)N1CCCCC1. The number of likely N-dealkylation sites (tertiary alicyclic amines) is 1. The minimum absolute atomic E-state index is 0.0446. The van der Waals surface area contributed by atoms with E-state index in [1.54, 1.807) is 36.5 Å². The van der Waals surface area contributed by atoms with Crippen molar-refractivity contribution in [3.63, 3.8) is 0 Å². The van der Waals surface area contributed by atoms with E-state index in [1.165, 1.54) is 0 Å². The predicted octanol–water partition coefficient (Wildman–Crippen LogP) is 3.36. The maximum Gasteiger partial charge on any atom is 0.261 e. The molecule has 3 rings (SSSR count). The summed E-state index contributed by atoms with van der Waals surface area (Å²) in [7, 11) is 0. The monoisotopic (exact) mass is 353 g/mol. The first-order chi connectivity index (χ1) is 12.7. The molecule has 136 valence electrons. The third-order valence-corrected chi connectivity index (χ3v) is 4.35. The number of carbonyl (C=O) groups is 2. The molecule has 0 atom stereocenters. The number of ether oxygens (including phenoxy) is 1. The molecule has 1 saturated heterocycles. The Morgan fingerprint density at radius 1 is 1.08 bits per heavy atom. The molecule has 1 aliphatic heterocycles. The zero-order chi connectivity index (χ0) is 18.4. The summed E-state index contributed by atoms with van der Waals surface area (Å²) in [5.41, 5.74) is 1.35. The van der Waals surface area contributed by atoms with Gasteiger partial charge in [-0.2, -0.15) is 0 Å². The molecular weight excluding hydrogens is 330 g/mol. The van der Waals surface area contributed by atoms with Crippen LogP contribution in [0.25, 0.3) is 0 Å². The molecule has 6 heteroatoms. The Labute approximate surface area is 153 Å². The summed E-state index contributed by atoms with van der Waals surface area (Å²) in [5, 5.41) is 2.84. The van der Waals surface area contributed by atoms with E-state index in [0.717, 1.165) is 32.4 Å². The second-order valence-electron chi connectivity index (χ2n) is 6.14. The van der Waals surface area contributed by atoms with E-state index in [4.69, 9.17) is 4.74 Å². The summed E-state index contributed by atoms with van der Waals surface area (Å²) < 4.78 is 5.42. The van der Waals surface area contributed by atoms with Crippen LogP contribution >= 0.6 is 0 Å². The maximum atomic E-state index is 12.8. The van der Waals surface area contributed by atoms with E-state index in [1.807, 2.05) is 17.9 Å². The molecule has 0 aliphatic carbocycles. The van der Waals surface area contributed by atoms with Crippen LogP contribution in [-0.4, -0.2) is 41.4 Å². The van der Waals surface area contributed by atoms with Gasteiger partial charge in [-0.05, 0) is 50.5 Å². The fourth-order valence-electron chi connectivity index (χ4n) is 3.05. The first kappa shape index (κ1) is 17.9. The van der Waals surface area contributed by atoms with Crippen molar-refractivity contribution in [1.29, 1.82) is 0 Å². The lowest BCUT2D eigenvalue weighted by Gasteiger charge is -2.27. The van der Waals surface area contributed by atoms with Gasteiger partial charge in [-0.3, -0.25) is 9.59 Å². The van der Waals surface area contributed by atoms with Crippen LogP contribution in [0, 0.1) is 0 Å². The normalized spacial score (nSPS) is 14.0. The molecule has 0 bridgehead atoms. The number of benzene rings is 1. The largest absolute Gasteiger partial charge is 0.477 e. The van der Waals surface area contributed by atoms with Gasteiger partial charge >= 0.3 is 0 Å². The molecule has 2 aromatic rings. The first-order valence-electron chi connectivity index (χ1n) is 8.98. The number of carbonyl (C=O) groups excluding carboxylic acids is 2. The van der Waals surface area contributed by atoms with Crippen molar-refractivity contribution in [2.24, 2.45) is 0 Å². The number of piperidine rings is 1. The zero-order valence-corrected chi connectivity index (χ0v) is 14.9. The zero-order valence-electron chi connectivity index (χ0n) is 14.9. The number of aromatic nitrogens is 1. The van der Waals surface area contributed by atoms with Gasteiger partial charge in [0.1, 0.15) is 5.56 Å². The number of rotatable bonds is 5. The standard InChI is InChI=1S/C20H23N3O3/c1-2-26-19-16(10-8-12-21-19)18(24)22-17-11-5-4-9-15(17)20(25)23-13-6-3-7-14-23/h4-5,8-12H,2-3,6-7,13-14H2,1H3,(H,22,24). The van der Waals surface area contributed by atoms with Gasteiger partial charge in [0.25, 0.3) is 11.8 Å². The van der Waals surface area contributed by atoms with Gasteiger partial charge in [-0.15, -0.1) is 0 Å². The molecule has 0 spiro atoms. The number of hydrogen-bond donors (Lipinski definition) is 1. The van der Waals surface area contributed by atoms with Crippen molar-refractivity contribution in [3.05, 3.63) is 53.7 Å². The highest BCUT2D eigenvalue weighted by Gasteiger charge is 2.22. The number of nitrogens with zero attached hydrogens (tertiary/aromatic N) is 2. The smallest absolute Gasteiger partial charge is 0.261 e. The van der Waals surface area contributed by atoms with E-state index < -0.39 is 0 Å². The number of para-hydroxylation sites is 1. The molecule has 2 amide bonds. The predicted molar refractivity (Wildman–Crippen MR) is 99.6 cm³/mol. The molecule has 1 aromatic heterocycles. The van der Waals surface area contributed by atoms with Gasteiger partial charge in [-0.25, -0.2) is 4.98 Å². The Balaban J connectivity index is 1.82. The van der Waals surface area contributed by atoms with Crippen molar-refractivity contribution >= 4 is 17.5 Å². The minimum atomic E-state index is -0.347. The number of amides is 2. The van der Waals surface area contributed by atoms with Crippen molar-refractivity contribution < 1.29 is 14.3 Å². The number of nitrogens with one attached hydrogen (secondary N) is 1. The van der Waals surface area contributed by atoms with Crippen molar-refractivity contribution in [1.82, 2.24) is 9.88 Å². The summed E-state index contributed by atoms with van der Waals surface area (Å²) in [4.78, 5) is 31.5. The highest BCUT2D eigenvalue weighted by Crippen LogP contribution is 2.22. The van der Waals surface area contributed by atoms with Crippen LogP contribution < -0.4 is 10.1 Å². The fraction of sp³-hybridized carbons (Fsp3) is 0.350. The van der Waals surface area contributed by atoms with Gasteiger partial charge in [0.05, 0.1) is 17.9 Å². The summed E-state index contributed by atoms with van der Waals surface area (Å²) in [5.74, 6) is -0.107. The van der Waals surface area contributed by atoms with Crippen LogP contribution in [0.2, 0.25) is 0 Å². The molecule has 2 heterocycles. The van der Waals surface area contributed by atoms with Crippen molar-refractivity contribution in [2.75, 3.05) is 25.0 Å². The Hall–Kier alpha value is -2.89. The summed E-state index contributed by atoms with van der Waals surface area (Å²) in [6.07, 6.45) is 4.78. The molecular formula is C20H23N3O3. The summed E-state index contributed by atoms with van der Waals surface area (Å²) in [6.45, 7) is 3.78. The van der Waals surface area contributed by atoms with Gasteiger partial charge in [0.2, 0.25) is 5.88 Å². The Bertz CT molecular complexity index is 785. The van der Waals surface area contributed by atoms with Gasteiger partial charge in [-0.1, -0.05) is 12.1 Å². The summed E-state index contributed by atoms with van der Waals surface area (Å²) in [6, 6.07) is 10.4. The highest BCUT2D eigenvalue weighted by atomic mass is 16.5. The molecule has 0 radical (unpaired) electrons. The van der Waals surface area contributed by atoms with Gasteiger partial charge in [0, 0.05) is 19.3 Å². The van der Waals surface area contributed by atoms with Crippen LogP contribution in [0.15, 0.2) is 42.6 Å². The molecule has 1 aromatic carbocycles. The maximum absolute atomic E-state index is 12.8. The molecule has 0 unspecified atom stereocenters. The second-order valence-corrected chi connectivity index (χ2v) is 6.14. The van der Waals surface area contributed by atoms with E-state index >= 15 is 0 Å². The van der Waals surface area contributed by atoms with Crippen LogP contribution in [-0.2, 0) is 0 Å². The average molecular weight is 353 g/mol. The van der Waals surface area contributed by atoms with Gasteiger partial charge in [0.15, 0.2) is 0 Å². The topological polar surface area (TPSA) is 71.5 Å². The minimum Gasteiger partial charge on any atom is -0.477 e. The Morgan fingerprint density at radius 2 is 1.81 bits per heavy atom. The van der Waals surface area contributed by atoms with E-state index in [0.29, 0.717) is 23.4 Å². The van der Waals surface area contributed by atoms with Crippen LogP contribution in [0.3, 0.4) is 0 Å². The lowest BCUT2D eigenvalue weighted by Crippen LogP contribution is -2.36.